The van der Waals surface area contributed by atoms with E-state index >= 15 is 0 Å². The summed E-state index contributed by atoms with van der Waals surface area (Å²) in [5.74, 6) is 0.859. The maximum absolute atomic E-state index is 6.25. The third-order valence-corrected chi connectivity index (χ3v) is 3.19. The number of ether oxygens (including phenoxy) is 2. The Morgan fingerprint density at radius 1 is 1.30 bits per heavy atom. The zero-order valence-corrected chi connectivity index (χ0v) is 13.5. The van der Waals surface area contributed by atoms with Gasteiger partial charge in [0.25, 0.3) is 0 Å². The van der Waals surface area contributed by atoms with Crippen LogP contribution >= 0.6 is 11.6 Å². The Labute approximate surface area is 127 Å². The molecule has 0 amide bonds. The molecule has 3 nitrogen and oxygen atoms in total. The van der Waals surface area contributed by atoms with Gasteiger partial charge in [-0.25, -0.2) is 0 Å². The second-order valence-electron chi connectivity index (χ2n) is 4.32. The quantitative estimate of drug-likeness (QED) is 0.781. The van der Waals surface area contributed by atoms with Gasteiger partial charge in [-0.2, -0.15) is 0 Å². The predicted molar refractivity (Wildman–Crippen MR) is 84.6 cm³/mol. The summed E-state index contributed by atoms with van der Waals surface area (Å²) in [7, 11) is 1.69. The Kier molecular flexibility index (Phi) is 7.48. The van der Waals surface area contributed by atoms with Gasteiger partial charge in [0.05, 0.1) is 12.6 Å². The normalized spacial score (nSPS) is 20.1. The number of dihydropyridines is 1. The maximum atomic E-state index is 6.25. The molecule has 1 heterocycles. The fraction of sp³-hybridized carbons (Fsp3) is 0.500. The first kappa shape index (κ1) is 16.9. The number of allylic oxidation sites excluding steroid dienone is 4. The van der Waals surface area contributed by atoms with Crippen LogP contribution in [0.2, 0.25) is 0 Å². The fourth-order valence-corrected chi connectivity index (χ4v) is 2.33. The van der Waals surface area contributed by atoms with E-state index in [2.05, 4.69) is 11.4 Å². The SMILES string of the molecule is CC.COCCCOC1=C2C(Cl)=CC=CC2NC(C)=C1. The number of hydrogen-bond donors (Lipinski definition) is 1. The minimum Gasteiger partial charge on any atom is -0.493 e. The van der Waals surface area contributed by atoms with Crippen molar-refractivity contribution < 1.29 is 9.47 Å². The van der Waals surface area contributed by atoms with Gasteiger partial charge in [0.15, 0.2) is 0 Å². The monoisotopic (exact) mass is 297 g/mol. The lowest BCUT2D eigenvalue weighted by molar-refractivity contribution is 0.147. The van der Waals surface area contributed by atoms with E-state index in [1.165, 1.54) is 0 Å². The average Bonchev–Trinajstić information content (AvgIpc) is 2.45. The Morgan fingerprint density at radius 2 is 2.05 bits per heavy atom. The van der Waals surface area contributed by atoms with E-state index in [0.717, 1.165) is 28.5 Å². The summed E-state index contributed by atoms with van der Waals surface area (Å²) in [5, 5.41) is 4.10. The highest BCUT2D eigenvalue weighted by Crippen LogP contribution is 2.31. The molecule has 0 bridgehead atoms. The lowest BCUT2D eigenvalue weighted by atomic mass is 9.97. The zero-order chi connectivity index (χ0) is 15.0. The van der Waals surface area contributed by atoms with E-state index in [-0.39, 0.29) is 6.04 Å². The van der Waals surface area contributed by atoms with Crippen molar-refractivity contribution >= 4 is 11.6 Å². The van der Waals surface area contributed by atoms with Gasteiger partial charge in [0.2, 0.25) is 0 Å². The summed E-state index contributed by atoms with van der Waals surface area (Å²) in [4.78, 5) is 0. The van der Waals surface area contributed by atoms with Gasteiger partial charge in [-0.05, 0) is 19.1 Å². The van der Waals surface area contributed by atoms with Crippen molar-refractivity contribution in [2.45, 2.75) is 33.2 Å². The number of methoxy groups -OCH3 is 1. The summed E-state index contributed by atoms with van der Waals surface area (Å²) >= 11 is 6.25. The molecule has 2 rings (SSSR count). The smallest absolute Gasteiger partial charge is 0.128 e. The first-order chi connectivity index (χ1) is 9.72. The standard InChI is InChI=1S/C14H18ClNO2.C2H6/c1-10-9-13(18-8-4-7-17-2)14-11(15)5-3-6-12(14)16-10;1-2/h3,5-6,9,12,16H,4,7-8H2,1-2H3;1-2H3. The highest BCUT2D eigenvalue weighted by molar-refractivity contribution is 6.32. The van der Waals surface area contributed by atoms with Crippen LogP contribution < -0.4 is 5.32 Å². The van der Waals surface area contributed by atoms with E-state index in [9.17, 15) is 0 Å². The topological polar surface area (TPSA) is 30.5 Å². The van der Waals surface area contributed by atoms with Crippen molar-refractivity contribution in [3.63, 3.8) is 0 Å². The van der Waals surface area contributed by atoms with Crippen LogP contribution in [0.25, 0.3) is 0 Å². The fourth-order valence-electron chi connectivity index (χ4n) is 2.04. The second-order valence-corrected chi connectivity index (χ2v) is 4.73. The molecule has 0 radical (unpaired) electrons. The molecule has 1 unspecified atom stereocenters. The molecule has 1 aliphatic heterocycles. The van der Waals surface area contributed by atoms with Crippen molar-refractivity contribution in [3.8, 4) is 0 Å². The third-order valence-electron chi connectivity index (χ3n) is 2.86. The van der Waals surface area contributed by atoms with Crippen LogP contribution in [0.15, 0.2) is 46.4 Å². The molecule has 2 aliphatic rings. The average molecular weight is 298 g/mol. The van der Waals surface area contributed by atoms with Crippen LogP contribution in [0.4, 0.5) is 0 Å². The van der Waals surface area contributed by atoms with Gasteiger partial charge in [-0.3, -0.25) is 0 Å². The van der Waals surface area contributed by atoms with E-state index in [1.807, 2.05) is 39.0 Å². The van der Waals surface area contributed by atoms with E-state index < -0.39 is 0 Å². The summed E-state index contributed by atoms with van der Waals surface area (Å²) in [5.41, 5.74) is 2.10. The van der Waals surface area contributed by atoms with Crippen LogP contribution in [0.1, 0.15) is 27.2 Å². The molecule has 112 valence electrons. The number of rotatable bonds is 5. The van der Waals surface area contributed by atoms with Gasteiger partial charge in [0, 0.05) is 36.4 Å². The Bertz CT molecular complexity index is 436. The van der Waals surface area contributed by atoms with Crippen LogP contribution in [0.5, 0.6) is 0 Å². The number of halogens is 1. The van der Waals surface area contributed by atoms with Crippen molar-refractivity contribution in [1.82, 2.24) is 5.32 Å². The minimum absolute atomic E-state index is 0.116. The number of fused-ring (bicyclic) bond motifs is 1. The van der Waals surface area contributed by atoms with Gasteiger partial charge in [-0.1, -0.05) is 37.6 Å². The number of hydrogen-bond acceptors (Lipinski definition) is 3. The summed E-state index contributed by atoms with van der Waals surface area (Å²) < 4.78 is 10.8. The van der Waals surface area contributed by atoms with E-state index in [0.29, 0.717) is 13.2 Å². The van der Waals surface area contributed by atoms with Crippen molar-refractivity contribution in [2.75, 3.05) is 20.3 Å². The first-order valence-corrected chi connectivity index (χ1v) is 7.45. The molecule has 1 aliphatic carbocycles. The lowest BCUT2D eigenvalue weighted by Gasteiger charge is -2.28. The summed E-state index contributed by atoms with van der Waals surface area (Å²) in [6.07, 6.45) is 8.80. The molecule has 0 spiro atoms. The van der Waals surface area contributed by atoms with E-state index in [4.69, 9.17) is 21.1 Å². The molecular formula is C16H24ClNO2. The van der Waals surface area contributed by atoms with Crippen LogP contribution in [-0.2, 0) is 9.47 Å². The maximum Gasteiger partial charge on any atom is 0.128 e. The van der Waals surface area contributed by atoms with Gasteiger partial charge >= 0.3 is 0 Å². The number of nitrogens with one attached hydrogen (secondary N) is 1. The van der Waals surface area contributed by atoms with Crippen LogP contribution in [-0.4, -0.2) is 26.4 Å². The zero-order valence-electron chi connectivity index (χ0n) is 12.7. The second kappa shape index (κ2) is 8.88. The van der Waals surface area contributed by atoms with Crippen molar-refractivity contribution in [3.05, 3.63) is 46.4 Å². The molecule has 0 fully saturated rings. The molecule has 0 saturated carbocycles. The summed E-state index contributed by atoms with van der Waals surface area (Å²) in [6, 6.07) is 0.116. The molecular weight excluding hydrogens is 274 g/mol. The molecule has 1 atom stereocenters. The van der Waals surface area contributed by atoms with Crippen molar-refractivity contribution in [1.29, 1.82) is 0 Å². The Balaban J connectivity index is 0.000000956. The highest BCUT2D eigenvalue weighted by Gasteiger charge is 2.25. The molecule has 1 N–H and O–H groups in total. The van der Waals surface area contributed by atoms with Crippen molar-refractivity contribution in [2.24, 2.45) is 0 Å². The molecule has 0 aromatic heterocycles. The molecule has 0 saturated heterocycles. The molecule has 4 heteroatoms. The first-order valence-electron chi connectivity index (χ1n) is 7.07. The van der Waals surface area contributed by atoms with Crippen LogP contribution in [0, 0.1) is 0 Å². The molecule has 0 aromatic carbocycles. The highest BCUT2D eigenvalue weighted by atomic mass is 35.5. The molecule has 20 heavy (non-hydrogen) atoms. The van der Waals surface area contributed by atoms with Crippen LogP contribution in [0.3, 0.4) is 0 Å². The third kappa shape index (κ3) is 4.43. The Morgan fingerprint density at radius 3 is 2.75 bits per heavy atom. The van der Waals surface area contributed by atoms with Gasteiger partial charge < -0.3 is 14.8 Å². The predicted octanol–water partition coefficient (Wildman–Crippen LogP) is 3.89. The largest absolute Gasteiger partial charge is 0.493 e. The Hall–Kier alpha value is -1.19. The van der Waals surface area contributed by atoms with Gasteiger partial charge in [-0.15, -0.1) is 0 Å². The van der Waals surface area contributed by atoms with E-state index in [1.54, 1.807) is 7.11 Å². The summed E-state index contributed by atoms with van der Waals surface area (Å²) in [6.45, 7) is 7.36. The minimum atomic E-state index is 0.116. The van der Waals surface area contributed by atoms with Gasteiger partial charge in [0.1, 0.15) is 5.76 Å². The molecule has 0 aromatic rings. The lowest BCUT2D eigenvalue weighted by Crippen LogP contribution is -2.33.